The highest BCUT2D eigenvalue weighted by atomic mass is 32.2. The van der Waals surface area contributed by atoms with Crippen molar-refractivity contribution in [2.45, 2.75) is 129 Å². The van der Waals surface area contributed by atoms with Gasteiger partial charge in [0, 0.05) is 44.1 Å². The number of rotatable bonds is 27. The predicted molar refractivity (Wildman–Crippen MR) is 180 cm³/mol. The highest BCUT2D eigenvalue weighted by molar-refractivity contribution is 7.89. The molecule has 9 heteroatoms. The number of benzene rings is 1. The van der Waals surface area contributed by atoms with Crippen LogP contribution in [0.5, 0.6) is 0 Å². The first-order valence-electron chi connectivity index (χ1n) is 17.2. The summed E-state index contributed by atoms with van der Waals surface area (Å²) in [6.07, 6.45) is 22.4. The zero-order chi connectivity index (χ0) is 31.7. The molecule has 0 aliphatic rings. The van der Waals surface area contributed by atoms with Crippen LogP contribution in [0, 0.1) is 0 Å². The van der Waals surface area contributed by atoms with Crippen molar-refractivity contribution in [3.8, 4) is 0 Å². The van der Waals surface area contributed by atoms with E-state index in [1.807, 2.05) is 42.6 Å². The third-order valence-electron chi connectivity index (χ3n) is 8.16. The number of alkyl carbamates (subject to hydrolysis) is 1. The molecule has 2 rings (SSSR count). The van der Waals surface area contributed by atoms with Crippen LogP contribution in [0.3, 0.4) is 0 Å². The molecule has 0 saturated heterocycles. The van der Waals surface area contributed by atoms with E-state index in [2.05, 4.69) is 21.5 Å². The summed E-state index contributed by atoms with van der Waals surface area (Å²) in [5, 5.41) is 3.90. The van der Waals surface area contributed by atoms with Gasteiger partial charge in [-0.15, -0.1) is 0 Å². The molecule has 1 unspecified atom stereocenters. The van der Waals surface area contributed by atoms with Gasteiger partial charge in [0.2, 0.25) is 15.5 Å². The molecular weight excluding hydrogens is 574 g/mol. The number of hydrogen-bond donors (Lipinski definition) is 2. The van der Waals surface area contributed by atoms with E-state index in [-0.39, 0.29) is 18.9 Å². The molecule has 0 bridgehead atoms. The van der Waals surface area contributed by atoms with Crippen LogP contribution in [-0.2, 0) is 26.0 Å². The minimum Gasteiger partial charge on any atom is -0.447 e. The fraction of sp³-hybridized carbons (Fsp3) is 0.714. The number of methoxy groups -OCH3 is 1. The Balaban J connectivity index is 1.43. The summed E-state index contributed by atoms with van der Waals surface area (Å²) >= 11 is 0. The number of fused-ring (bicyclic) bond motifs is 1. The van der Waals surface area contributed by atoms with E-state index >= 15 is 0 Å². The summed E-state index contributed by atoms with van der Waals surface area (Å²) in [7, 11) is -2.01. The van der Waals surface area contributed by atoms with Crippen LogP contribution in [0.4, 0.5) is 4.79 Å². The number of nitrogens with zero attached hydrogens (tertiary/aromatic N) is 1. The van der Waals surface area contributed by atoms with Crippen LogP contribution < -0.4 is 14.6 Å². The van der Waals surface area contributed by atoms with E-state index in [0.29, 0.717) is 19.5 Å². The number of carbonyl (C=O) groups excluding carboxylic acids is 1. The molecule has 0 saturated carbocycles. The maximum Gasteiger partial charge on any atom is 0.407 e. The summed E-state index contributed by atoms with van der Waals surface area (Å²) in [5.74, 6) is 0.000305. The molecule has 1 aromatic carbocycles. The third kappa shape index (κ3) is 17.9. The summed E-state index contributed by atoms with van der Waals surface area (Å²) in [6, 6.07) is 12.0. The lowest BCUT2D eigenvalue weighted by molar-refractivity contribution is -0.671. The number of carbonyl (C=O) groups is 1. The number of hydrogen-bond acceptors (Lipinski definition) is 5. The Labute approximate surface area is 267 Å². The lowest BCUT2D eigenvalue weighted by atomic mass is 10.0. The Morgan fingerprint density at radius 2 is 1.36 bits per heavy atom. The number of nitrogens with one attached hydrogen (secondary N) is 2. The Kier molecular flexibility index (Phi) is 20.8. The van der Waals surface area contributed by atoms with Crippen LogP contribution in [0.15, 0.2) is 42.6 Å². The molecule has 1 aromatic heterocycles. The van der Waals surface area contributed by atoms with E-state index in [0.717, 1.165) is 23.7 Å². The SMILES string of the molecule is CCCCCCCCCCCCCCCCCCNC(=O)OCC(CNS(=O)(=O)CCC[n+]1cccc2ccccc21)OC. The summed E-state index contributed by atoms with van der Waals surface area (Å²) in [6.45, 7) is 3.48. The Hall–Kier alpha value is -2.23. The van der Waals surface area contributed by atoms with Crippen LogP contribution in [0.1, 0.15) is 116 Å². The van der Waals surface area contributed by atoms with Crippen molar-refractivity contribution in [1.29, 1.82) is 0 Å². The van der Waals surface area contributed by atoms with Crippen molar-refractivity contribution in [3.63, 3.8) is 0 Å². The molecule has 8 nitrogen and oxygen atoms in total. The van der Waals surface area contributed by atoms with E-state index in [1.165, 1.54) is 97.0 Å². The molecule has 2 aromatic rings. The molecule has 2 N–H and O–H groups in total. The molecule has 0 fully saturated rings. The zero-order valence-electron chi connectivity index (χ0n) is 27.6. The van der Waals surface area contributed by atoms with Crippen LogP contribution in [0.2, 0.25) is 0 Å². The number of sulfonamides is 1. The van der Waals surface area contributed by atoms with E-state index in [1.54, 1.807) is 0 Å². The summed E-state index contributed by atoms with van der Waals surface area (Å²) < 4.78 is 40.3. The maximum absolute atomic E-state index is 12.5. The van der Waals surface area contributed by atoms with Gasteiger partial charge in [0.15, 0.2) is 6.20 Å². The standard InChI is InChI=1S/C35H59N3O5S/c1-3-4-5-6-7-8-9-10-11-12-13-14-15-16-17-20-26-36-35(39)43-31-33(42-2)30-37-44(40,41)29-22-28-38-27-21-24-32-23-18-19-25-34(32)38/h18-19,21,23-25,27,33,37H,3-17,20,22,26,28-31H2,1-2H3/p+1. The fourth-order valence-electron chi connectivity index (χ4n) is 5.43. The zero-order valence-corrected chi connectivity index (χ0v) is 28.4. The molecule has 250 valence electrons. The second-order valence-corrected chi connectivity index (χ2v) is 13.9. The summed E-state index contributed by atoms with van der Waals surface area (Å²) in [4.78, 5) is 12.1. The lowest BCUT2D eigenvalue weighted by Crippen LogP contribution is -2.40. The highest BCUT2D eigenvalue weighted by Crippen LogP contribution is 2.14. The van der Waals surface area contributed by atoms with Crippen LogP contribution in [0.25, 0.3) is 10.9 Å². The maximum atomic E-state index is 12.5. The number of aromatic nitrogens is 1. The topological polar surface area (TPSA) is 97.6 Å². The first-order chi connectivity index (χ1) is 21.4. The lowest BCUT2D eigenvalue weighted by Gasteiger charge is -2.16. The first kappa shape index (κ1) is 38.0. The van der Waals surface area contributed by atoms with E-state index in [4.69, 9.17) is 9.47 Å². The second-order valence-electron chi connectivity index (χ2n) is 12.0. The van der Waals surface area contributed by atoms with E-state index in [9.17, 15) is 13.2 Å². The van der Waals surface area contributed by atoms with Crippen LogP contribution in [-0.4, -0.2) is 53.2 Å². The Morgan fingerprint density at radius 1 is 0.795 bits per heavy atom. The molecule has 0 radical (unpaired) electrons. The molecule has 0 spiro atoms. The van der Waals surface area contributed by atoms with Gasteiger partial charge in [0.05, 0.1) is 5.75 Å². The van der Waals surface area contributed by atoms with Gasteiger partial charge in [-0.05, 0) is 18.6 Å². The number of unbranched alkanes of at least 4 members (excludes halogenated alkanes) is 15. The average Bonchev–Trinajstić information content (AvgIpc) is 3.02. The average molecular weight is 635 g/mol. The molecule has 1 atom stereocenters. The number of ether oxygens (including phenoxy) is 2. The number of pyridine rings is 1. The van der Waals surface area contributed by atoms with Gasteiger partial charge < -0.3 is 14.8 Å². The largest absolute Gasteiger partial charge is 0.447 e. The van der Waals surface area contributed by atoms with Crippen molar-refractivity contribution < 1.29 is 27.3 Å². The van der Waals surface area contributed by atoms with Gasteiger partial charge in [-0.3, -0.25) is 0 Å². The number of amides is 1. The molecule has 0 aliphatic heterocycles. The molecule has 1 amide bonds. The minimum absolute atomic E-state index is 0.000305. The van der Waals surface area contributed by atoms with Crippen molar-refractivity contribution in [2.75, 3.05) is 32.6 Å². The quantitative estimate of drug-likeness (QED) is 0.0787. The van der Waals surface area contributed by atoms with Gasteiger partial charge in [-0.25, -0.2) is 17.9 Å². The van der Waals surface area contributed by atoms with Gasteiger partial charge in [-0.1, -0.05) is 115 Å². The van der Waals surface area contributed by atoms with Crippen LogP contribution >= 0.6 is 0 Å². The van der Waals surface area contributed by atoms with Gasteiger partial charge in [-0.2, -0.15) is 4.57 Å². The normalized spacial score (nSPS) is 12.4. The smallest absolute Gasteiger partial charge is 0.407 e. The molecule has 1 heterocycles. The first-order valence-corrected chi connectivity index (χ1v) is 18.9. The Bertz CT molecular complexity index is 1120. The molecule has 0 aliphatic carbocycles. The van der Waals surface area contributed by atoms with Gasteiger partial charge >= 0.3 is 6.09 Å². The van der Waals surface area contributed by atoms with E-state index < -0.39 is 22.2 Å². The molecular formula is C35H60N3O5S+. The third-order valence-corrected chi connectivity index (χ3v) is 9.60. The molecule has 44 heavy (non-hydrogen) atoms. The second kappa shape index (κ2) is 24.1. The van der Waals surface area contributed by atoms with Crippen molar-refractivity contribution >= 4 is 27.0 Å². The van der Waals surface area contributed by atoms with Gasteiger partial charge in [0.1, 0.15) is 19.3 Å². The van der Waals surface area contributed by atoms with Crippen molar-refractivity contribution in [1.82, 2.24) is 10.0 Å². The minimum atomic E-state index is -3.49. The predicted octanol–water partition coefficient (Wildman–Crippen LogP) is 7.44. The van der Waals surface area contributed by atoms with Crippen molar-refractivity contribution in [2.24, 2.45) is 0 Å². The fourth-order valence-corrected chi connectivity index (χ4v) is 6.52. The number of para-hydroxylation sites is 1. The monoisotopic (exact) mass is 634 g/mol. The number of aryl methyl sites for hydroxylation is 1. The summed E-state index contributed by atoms with van der Waals surface area (Å²) in [5.41, 5.74) is 1.07. The Morgan fingerprint density at radius 3 is 1.98 bits per heavy atom. The highest BCUT2D eigenvalue weighted by Gasteiger charge is 2.17. The van der Waals surface area contributed by atoms with Gasteiger partial charge in [0.25, 0.3) is 0 Å². The van der Waals surface area contributed by atoms with Crippen molar-refractivity contribution in [3.05, 3.63) is 42.6 Å².